The Balaban J connectivity index is 2.50. The summed E-state index contributed by atoms with van der Waals surface area (Å²) >= 11 is 0. The van der Waals surface area contributed by atoms with E-state index in [9.17, 15) is 4.79 Å². The van der Waals surface area contributed by atoms with Crippen molar-refractivity contribution in [2.75, 3.05) is 0 Å². The monoisotopic (exact) mass is 202 g/mol. The van der Waals surface area contributed by atoms with E-state index < -0.39 is 0 Å². The van der Waals surface area contributed by atoms with E-state index in [0.717, 1.165) is 11.0 Å². The molecule has 0 saturated heterocycles. The fraction of sp³-hybridized carbons (Fsp3) is 0.333. The van der Waals surface area contributed by atoms with Gasteiger partial charge >= 0.3 is 0 Å². The molecular formula is C12H14N2O. The van der Waals surface area contributed by atoms with Crippen LogP contribution in [0.4, 0.5) is 0 Å². The second-order valence-corrected chi connectivity index (χ2v) is 4.70. The van der Waals surface area contributed by atoms with Gasteiger partial charge in [0.15, 0.2) is 5.78 Å². The molecule has 0 aliphatic rings. The molecule has 0 spiro atoms. The number of hydrogen-bond acceptors (Lipinski definition) is 2. The van der Waals surface area contributed by atoms with Crippen molar-refractivity contribution in [3.63, 3.8) is 0 Å². The first-order chi connectivity index (χ1) is 6.98. The first-order valence-corrected chi connectivity index (χ1v) is 4.97. The van der Waals surface area contributed by atoms with Crippen molar-refractivity contribution >= 4 is 16.8 Å². The Hall–Kier alpha value is -1.64. The number of carbonyl (C=O) groups is 1. The molecule has 0 aromatic carbocycles. The van der Waals surface area contributed by atoms with Gasteiger partial charge in [0.2, 0.25) is 0 Å². The summed E-state index contributed by atoms with van der Waals surface area (Å²) in [4.78, 5) is 19.2. The van der Waals surface area contributed by atoms with Crippen molar-refractivity contribution in [1.82, 2.24) is 9.97 Å². The molecule has 78 valence electrons. The molecule has 2 rings (SSSR count). The molecule has 0 fully saturated rings. The topological polar surface area (TPSA) is 45.8 Å². The van der Waals surface area contributed by atoms with E-state index in [1.165, 1.54) is 0 Å². The van der Waals surface area contributed by atoms with Crippen LogP contribution < -0.4 is 0 Å². The number of ketones is 1. The van der Waals surface area contributed by atoms with E-state index in [1.54, 1.807) is 6.20 Å². The number of pyridine rings is 1. The summed E-state index contributed by atoms with van der Waals surface area (Å²) in [5.41, 5.74) is 2.02. The van der Waals surface area contributed by atoms with Gasteiger partial charge in [-0.05, 0) is 18.2 Å². The number of aromatic nitrogens is 2. The van der Waals surface area contributed by atoms with Crippen molar-refractivity contribution < 1.29 is 4.79 Å². The quantitative estimate of drug-likeness (QED) is 0.723. The van der Waals surface area contributed by atoms with Crippen LogP contribution in [-0.4, -0.2) is 15.8 Å². The van der Waals surface area contributed by atoms with Crippen LogP contribution in [0.1, 0.15) is 31.3 Å². The lowest BCUT2D eigenvalue weighted by Gasteiger charge is -2.14. The molecule has 15 heavy (non-hydrogen) atoms. The summed E-state index contributed by atoms with van der Waals surface area (Å²) in [6, 6.07) is 5.58. The Morgan fingerprint density at radius 2 is 2.13 bits per heavy atom. The molecule has 0 aliphatic heterocycles. The largest absolute Gasteiger partial charge is 0.351 e. The van der Waals surface area contributed by atoms with Gasteiger partial charge < -0.3 is 4.98 Å². The SMILES string of the molecule is CC(C)(C)C(=O)c1cc2ncccc2[nH]1. The molecule has 2 aromatic rings. The highest BCUT2D eigenvalue weighted by Gasteiger charge is 2.24. The fourth-order valence-corrected chi connectivity index (χ4v) is 1.48. The van der Waals surface area contributed by atoms with Crippen molar-refractivity contribution in [3.8, 4) is 0 Å². The van der Waals surface area contributed by atoms with E-state index in [0.29, 0.717) is 5.69 Å². The lowest BCUT2D eigenvalue weighted by molar-refractivity contribution is 0.0854. The lowest BCUT2D eigenvalue weighted by atomic mass is 9.89. The minimum absolute atomic E-state index is 0.112. The Morgan fingerprint density at radius 3 is 2.73 bits per heavy atom. The Bertz CT molecular complexity index is 473. The molecule has 0 saturated carbocycles. The summed E-state index contributed by atoms with van der Waals surface area (Å²) in [7, 11) is 0. The summed E-state index contributed by atoms with van der Waals surface area (Å²) < 4.78 is 0. The molecule has 0 aliphatic carbocycles. The summed E-state index contributed by atoms with van der Waals surface area (Å²) in [6.45, 7) is 5.73. The van der Waals surface area contributed by atoms with E-state index >= 15 is 0 Å². The molecule has 0 amide bonds. The molecule has 2 heterocycles. The number of nitrogens with one attached hydrogen (secondary N) is 1. The average molecular weight is 202 g/mol. The third-order valence-corrected chi connectivity index (χ3v) is 2.31. The zero-order chi connectivity index (χ0) is 11.1. The minimum Gasteiger partial charge on any atom is -0.351 e. The van der Waals surface area contributed by atoms with Gasteiger partial charge in [-0.3, -0.25) is 9.78 Å². The number of nitrogens with zero attached hydrogens (tertiary/aromatic N) is 1. The molecule has 3 heteroatoms. The van der Waals surface area contributed by atoms with Crippen LogP contribution in [-0.2, 0) is 0 Å². The van der Waals surface area contributed by atoms with Gasteiger partial charge in [-0.2, -0.15) is 0 Å². The predicted octanol–water partition coefficient (Wildman–Crippen LogP) is 2.79. The molecule has 0 bridgehead atoms. The van der Waals surface area contributed by atoms with Crippen LogP contribution in [0.15, 0.2) is 24.4 Å². The minimum atomic E-state index is -0.360. The zero-order valence-electron chi connectivity index (χ0n) is 9.16. The Morgan fingerprint density at radius 1 is 1.40 bits per heavy atom. The molecule has 2 aromatic heterocycles. The van der Waals surface area contributed by atoms with Gasteiger partial charge in [0.1, 0.15) is 0 Å². The molecular weight excluding hydrogens is 188 g/mol. The van der Waals surface area contributed by atoms with Crippen LogP contribution >= 0.6 is 0 Å². The summed E-state index contributed by atoms with van der Waals surface area (Å²) in [5, 5.41) is 0. The third-order valence-electron chi connectivity index (χ3n) is 2.31. The van der Waals surface area contributed by atoms with Crippen molar-refractivity contribution in [2.24, 2.45) is 5.41 Å². The number of rotatable bonds is 1. The first-order valence-electron chi connectivity index (χ1n) is 4.97. The van der Waals surface area contributed by atoms with Crippen molar-refractivity contribution in [2.45, 2.75) is 20.8 Å². The number of Topliss-reactive ketones (excluding diaryl/α,β-unsaturated/α-hetero) is 1. The van der Waals surface area contributed by atoms with E-state index in [4.69, 9.17) is 0 Å². The fourth-order valence-electron chi connectivity index (χ4n) is 1.48. The van der Waals surface area contributed by atoms with E-state index in [2.05, 4.69) is 9.97 Å². The van der Waals surface area contributed by atoms with Gasteiger partial charge in [0.05, 0.1) is 16.7 Å². The van der Waals surface area contributed by atoms with Gasteiger partial charge in [-0.15, -0.1) is 0 Å². The average Bonchev–Trinajstić information content (AvgIpc) is 2.58. The maximum Gasteiger partial charge on any atom is 0.184 e. The number of H-pyrrole nitrogens is 1. The maximum atomic E-state index is 12.0. The standard InChI is InChI=1S/C12H14N2O/c1-12(2,3)11(15)10-7-9-8(14-10)5-4-6-13-9/h4-7,14H,1-3H3. The number of hydrogen-bond donors (Lipinski definition) is 1. The lowest BCUT2D eigenvalue weighted by Crippen LogP contribution is -2.20. The molecule has 0 atom stereocenters. The maximum absolute atomic E-state index is 12.0. The highest BCUT2D eigenvalue weighted by atomic mass is 16.1. The first kappa shape index (κ1) is 9.90. The Labute approximate surface area is 88.5 Å². The van der Waals surface area contributed by atoms with Crippen molar-refractivity contribution in [3.05, 3.63) is 30.1 Å². The highest BCUT2D eigenvalue weighted by Crippen LogP contribution is 2.22. The molecule has 0 unspecified atom stereocenters. The summed E-state index contributed by atoms with van der Waals surface area (Å²) in [6.07, 6.45) is 1.72. The van der Waals surface area contributed by atoms with Gasteiger partial charge in [-0.25, -0.2) is 0 Å². The van der Waals surface area contributed by atoms with E-state index in [-0.39, 0.29) is 11.2 Å². The number of aromatic amines is 1. The third kappa shape index (κ3) is 1.77. The number of fused-ring (bicyclic) bond motifs is 1. The van der Waals surface area contributed by atoms with Crippen LogP contribution in [0.25, 0.3) is 11.0 Å². The zero-order valence-corrected chi connectivity index (χ0v) is 9.16. The van der Waals surface area contributed by atoms with Crippen LogP contribution in [0, 0.1) is 5.41 Å². The van der Waals surface area contributed by atoms with Crippen LogP contribution in [0.2, 0.25) is 0 Å². The van der Waals surface area contributed by atoms with Gasteiger partial charge in [-0.1, -0.05) is 20.8 Å². The highest BCUT2D eigenvalue weighted by molar-refractivity contribution is 6.01. The molecule has 1 N–H and O–H groups in total. The van der Waals surface area contributed by atoms with Crippen molar-refractivity contribution in [1.29, 1.82) is 0 Å². The predicted molar refractivity (Wildman–Crippen MR) is 59.9 cm³/mol. The summed E-state index contributed by atoms with van der Waals surface area (Å²) in [5.74, 6) is 0.112. The smallest absolute Gasteiger partial charge is 0.184 e. The molecule has 0 radical (unpaired) electrons. The van der Waals surface area contributed by atoms with E-state index in [1.807, 2.05) is 39.0 Å². The van der Waals surface area contributed by atoms with Crippen LogP contribution in [0.3, 0.4) is 0 Å². The number of carbonyl (C=O) groups excluding carboxylic acids is 1. The second kappa shape index (κ2) is 3.19. The Kier molecular flexibility index (Phi) is 2.11. The molecule has 3 nitrogen and oxygen atoms in total. The second-order valence-electron chi connectivity index (χ2n) is 4.70. The van der Waals surface area contributed by atoms with Crippen LogP contribution in [0.5, 0.6) is 0 Å². The normalized spacial score (nSPS) is 11.9. The van der Waals surface area contributed by atoms with Gasteiger partial charge in [0, 0.05) is 11.6 Å². The van der Waals surface area contributed by atoms with Gasteiger partial charge in [0.25, 0.3) is 0 Å².